The number of unbranched alkanes of at least 4 members (excludes halogenated alkanes) is 3. The van der Waals surface area contributed by atoms with Gasteiger partial charge in [0.25, 0.3) is 0 Å². The first kappa shape index (κ1) is 17.3. The maximum absolute atomic E-state index is 2.48. The van der Waals surface area contributed by atoms with Crippen molar-refractivity contribution >= 4 is 0 Å². The Morgan fingerprint density at radius 2 is 1.20 bits per heavy atom. The van der Waals surface area contributed by atoms with Gasteiger partial charge in [0.1, 0.15) is 0 Å². The number of benzene rings is 1. The van der Waals surface area contributed by atoms with Gasteiger partial charge in [-0.1, -0.05) is 59.1 Å². The van der Waals surface area contributed by atoms with Crippen molar-refractivity contribution in [1.29, 1.82) is 0 Å². The second kappa shape index (κ2) is 10.0. The molecule has 0 aliphatic heterocycles. The van der Waals surface area contributed by atoms with Crippen LogP contribution >= 0.6 is 0 Å². The quantitative estimate of drug-likeness (QED) is 0.470. The highest BCUT2D eigenvalue weighted by atomic mass is 14.1. The summed E-state index contributed by atoms with van der Waals surface area (Å²) in [4.78, 5) is 0. The fraction of sp³-hybridized carbons (Fsp3) is 0.650. The van der Waals surface area contributed by atoms with Crippen molar-refractivity contribution in [1.82, 2.24) is 0 Å². The minimum Gasteiger partial charge on any atom is -0.0654 e. The Bertz CT molecular complexity index is 347. The summed E-state index contributed by atoms with van der Waals surface area (Å²) in [7, 11) is 0. The Morgan fingerprint density at radius 1 is 0.750 bits per heavy atom. The summed E-state index contributed by atoms with van der Waals surface area (Å²) in [5, 5.41) is 0. The Balaban J connectivity index is 3.02. The lowest BCUT2D eigenvalue weighted by atomic mass is 9.89. The molecule has 0 aliphatic carbocycles. The molecule has 0 saturated carbocycles. The lowest BCUT2D eigenvalue weighted by molar-refractivity contribution is 0.761. The van der Waals surface area contributed by atoms with E-state index in [1.54, 1.807) is 16.7 Å². The predicted octanol–water partition coefficient (Wildman–Crippen LogP) is 6.29. The molecule has 0 aliphatic rings. The highest BCUT2D eigenvalue weighted by molar-refractivity contribution is 5.43. The van der Waals surface area contributed by atoms with Crippen LogP contribution in [0.2, 0.25) is 0 Å². The van der Waals surface area contributed by atoms with E-state index in [2.05, 4.69) is 46.2 Å². The summed E-state index contributed by atoms with van der Waals surface area (Å²) in [6, 6.07) is 4.96. The highest BCUT2D eigenvalue weighted by Gasteiger charge is 2.09. The molecule has 0 unspecified atom stereocenters. The van der Waals surface area contributed by atoms with Crippen LogP contribution in [0.25, 0.3) is 0 Å². The molecule has 0 saturated heterocycles. The number of aryl methyl sites for hydroxylation is 3. The summed E-state index contributed by atoms with van der Waals surface area (Å²) in [6.07, 6.45) is 13.9. The van der Waals surface area contributed by atoms with Gasteiger partial charge in [0.15, 0.2) is 0 Å². The summed E-state index contributed by atoms with van der Waals surface area (Å²) in [5.74, 6) is 0. The van der Waals surface area contributed by atoms with Crippen LogP contribution < -0.4 is 0 Å². The largest absolute Gasteiger partial charge is 0.0654 e. The van der Waals surface area contributed by atoms with Gasteiger partial charge in [-0.25, -0.2) is 0 Å². The minimum atomic E-state index is 1.25. The molecule has 0 atom stereocenters. The first-order valence-electron chi connectivity index (χ1n) is 8.70. The van der Waals surface area contributed by atoms with Gasteiger partial charge in [-0.05, 0) is 67.2 Å². The minimum absolute atomic E-state index is 1.25. The van der Waals surface area contributed by atoms with Crippen molar-refractivity contribution in [3.63, 3.8) is 0 Å². The zero-order chi connectivity index (χ0) is 14.8. The van der Waals surface area contributed by atoms with Gasteiger partial charge < -0.3 is 0 Å². The van der Waals surface area contributed by atoms with Gasteiger partial charge in [-0.3, -0.25) is 0 Å². The standard InChI is InChI=1S/C20H33/c1-5-9-12-17-15-18(13-10-6-2)20(8-4)19(16-17)14-11-7-3/h8,15-16H,5-7,9-14H2,1-4H3. The third kappa shape index (κ3) is 5.31. The fourth-order valence-corrected chi connectivity index (χ4v) is 2.90. The number of rotatable bonds is 10. The zero-order valence-corrected chi connectivity index (χ0v) is 14.1. The normalized spacial score (nSPS) is 11.0. The molecule has 1 rings (SSSR count). The second-order valence-electron chi connectivity index (χ2n) is 5.93. The summed E-state index contributed by atoms with van der Waals surface area (Å²) in [6.45, 7) is 9.05. The second-order valence-corrected chi connectivity index (χ2v) is 5.93. The molecule has 1 aromatic rings. The summed E-state index contributed by atoms with van der Waals surface area (Å²) in [5.41, 5.74) is 6.28. The van der Waals surface area contributed by atoms with E-state index in [0.717, 1.165) is 0 Å². The topological polar surface area (TPSA) is 0 Å². The summed E-state index contributed by atoms with van der Waals surface area (Å²) < 4.78 is 0. The molecular weight excluding hydrogens is 240 g/mol. The van der Waals surface area contributed by atoms with E-state index >= 15 is 0 Å². The van der Waals surface area contributed by atoms with Crippen molar-refractivity contribution in [2.75, 3.05) is 0 Å². The fourth-order valence-electron chi connectivity index (χ4n) is 2.90. The van der Waals surface area contributed by atoms with Gasteiger partial charge >= 0.3 is 0 Å². The molecule has 113 valence electrons. The van der Waals surface area contributed by atoms with Crippen molar-refractivity contribution in [2.24, 2.45) is 0 Å². The molecule has 0 heterocycles. The average molecular weight is 273 g/mol. The van der Waals surface area contributed by atoms with E-state index in [-0.39, 0.29) is 0 Å². The van der Waals surface area contributed by atoms with Crippen molar-refractivity contribution < 1.29 is 0 Å². The molecule has 20 heavy (non-hydrogen) atoms. The Hall–Kier alpha value is -0.780. The molecule has 0 heteroatoms. The molecule has 0 bridgehead atoms. The van der Waals surface area contributed by atoms with Crippen LogP contribution in [0.1, 0.15) is 88.5 Å². The average Bonchev–Trinajstić information content (AvgIpc) is 2.48. The van der Waals surface area contributed by atoms with E-state index in [1.807, 2.05) is 0 Å². The molecule has 0 N–H and O–H groups in total. The molecule has 1 aromatic carbocycles. The van der Waals surface area contributed by atoms with Gasteiger partial charge in [0.2, 0.25) is 0 Å². The van der Waals surface area contributed by atoms with Crippen LogP contribution in [0, 0.1) is 6.42 Å². The lowest BCUT2D eigenvalue weighted by Gasteiger charge is -2.16. The maximum atomic E-state index is 2.48. The molecule has 0 aromatic heterocycles. The molecule has 1 radical (unpaired) electrons. The Morgan fingerprint density at radius 3 is 1.60 bits per heavy atom. The smallest absolute Gasteiger partial charge is 0.0118 e. The number of hydrogen-bond acceptors (Lipinski definition) is 0. The summed E-state index contributed by atoms with van der Waals surface area (Å²) >= 11 is 0. The zero-order valence-electron chi connectivity index (χ0n) is 14.1. The Kier molecular flexibility index (Phi) is 8.65. The third-order valence-electron chi connectivity index (χ3n) is 4.12. The molecular formula is C20H33. The van der Waals surface area contributed by atoms with E-state index in [0.29, 0.717) is 0 Å². The van der Waals surface area contributed by atoms with Crippen LogP contribution in [0.15, 0.2) is 12.1 Å². The van der Waals surface area contributed by atoms with Gasteiger partial charge in [-0.2, -0.15) is 0 Å². The van der Waals surface area contributed by atoms with Crippen LogP contribution in [-0.2, 0) is 19.3 Å². The maximum Gasteiger partial charge on any atom is -0.0118 e. The van der Waals surface area contributed by atoms with Gasteiger partial charge in [-0.15, -0.1) is 0 Å². The van der Waals surface area contributed by atoms with Crippen molar-refractivity contribution in [3.8, 4) is 0 Å². The first-order chi connectivity index (χ1) is 9.76. The Labute approximate surface area is 127 Å². The predicted molar refractivity (Wildman–Crippen MR) is 91.4 cm³/mol. The molecule has 0 amide bonds. The van der Waals surface area contributed by atoms with E-state index in [1.165, 1.54) is 63.4 Å². The van der Waals surface area contributed by atoms with Gasteiger partial charge in [0, 0.05) is 0 Å². The van der Waals surface area contributed by atoms with Crippen LogP contribution in [0.5, 0.6) is 0 Å². The molecule has 0 spiro atoms. The first-order valence-corrected chi connectivity index (χ1v) is 8.70. The SMILES string of the molecule is C[CH]c1c(CCCC)cc(CCCC)cc1CCCC. The third-order valence-corrected chi connectivity index (χ3v) is 4.12. The van der Waals surface area contributed by atoms with E-state index < -0.39 is 0 Å². The molecule has 0 nitrogen and oxygen atoms in total. The van der Waals surface area contributed by atoms with Crippen molar-refractivity contribution in [3.05, 3.63) is 40.8 Å². The van der Waals surface area contributed by atoms with E-state index in [9.17, 15) is 0 Å². The van der Waals surface area contributed by atoms with Crippen LogP contribution in [0.3, 0.4) is 0 Å². The monoisotopic (exact) mass is 273 g/mol. The van der Waals surface area contributed by atoms with Crippen LogP contribution in [-0.4, -0.2) is 0 Å². The van der Waals surface area contributed by atoms with Crippen LogP contribution in [0.4, 0.5) is 0 Å². The van der Waals surface area contributed by atoms with Gasteiger partial charge in [0.05, 0.1) is 0 Å². The van der Waals surface area contributed by atoms with E-state index in [4.69, 9.17) is 0 Å². The number of hydrogen-bond donors (Lipinski definition) is 0. The molecule has 0 fully saturated rings. The highest BCUT2D eigenvalue weighted by Crippen LogP contribution is 2.24. The lowest BCUT2D eigenvalue weighted by Crippen LogP contribution is -2.02. The van der Waals surface area contributed by atoms with Crippen molar-refractivity contribution in [2.45, 2.75) is 85.5 Å².